The van der Waals surface area contributed by atoms with Crippen molar-refractivity contribution in [3.63, 3.8) is 0 Å². The van der Waals surface area contributed by atoms with Gasteiger partial charge in [0.2, 0.25) is 11.7 Å². The van der Waals surface area contributed by atoms with Crippen molar-refractivity contribution in [2.24, 2.45) is 0 Å². The Balaban J connectivity index is 2.07. The maximum Gasteiger partial charge on any atom is 0.226 e. The van der Waals surface area contributed by atoms with Crippen molar-refractivity contribution >= 4 is 0 Å². The largest absolute Gasteiger partial charge is 0.485 e. The van der Waals surface area contributed by atoms with Crippen LogP contribution in [0.15, 0.2) is 22.7 Å². The third kappa shape index (κ3) is 3.57. The monoisotopic (exact) mass is 276 g/mol. The number of aliphatic hydroxyl groups is 1. The lowest BCUT2D eigenvalue weighted by atomic mass is 10.1. The molecule has 1 aromatic heterocycles. The predicted octanol–water partition coefficient (Wildman–Crippen LogP) is 2.96. The fourth-order valence-electron chi connectivity index (χ4n) is 1.92. The Morgan fingerprint density at radius 2 is 2.20 bits per heavy atom. The molecule has 5 heteroatoms. The zero-order valence-electron chi connectivity index (χ0n) is 12.1. The van der Waals surface area contributed by atoms with Crippen LogP contribution >= 0.6 is 0 Å². The molecular weight excluding hydrogens is 256 g/mol. The van der Waals surface area contributed by atoms with E-state index in [0.29, 0.717) is 17.5 Å². The van der Waals surface area contributed by atoms with Crippen molar-refractivity contribution in [1.82, 2.24) is 10.1 Å². The van der Waals surface area contributed by atoms with E-state index in [1.54, 1.807) is 6.92 Å². The zero-order valence-corrected chi connectivity index (χ0v) is 12.1. The van der Waals surface area contributed by atoms with Crippen molar-refractivity contribution in [3.05, 3.63) is 41.0 Å². The molecule has 2 rings (SSSR count). The lowest BCUT2D eigenvalue weighted by molar-refractivity contribution is 0.189. The smallest absolute Gasteiger partial charge is 0.226 e. The second kappa shape index (κ2) is 6.52. The third-order valence-corrected chi connectivity index (χ3v) is 2.95. The van der Waals surface area contributed by atoms with Gasteiger partial charge in [-0.25, -0.2) is 0 Å². The highest BCUT2D eigenvalue weighted by atomic mass is 16.5. The van der Waals surface area contributed by atoms with E-state index in [2.05, 4.69) is 17.1 Å². The molecule has 0 saturated heterocycles. The van der Waals surface area contributed by atoms with Crippen LogP contribution in [0.3, 0.4) is 0 Å². The van der Waals surface area contributed by atoms with Crippen molar-refractivity contribution in [2.45, 2.75) is 46.3 Å². The Kier molecular flexibility index (Phi) is 4.74. The summed E-state index contributed by atoms with van der Waals surface area (Å²) < 4.78 is 10.8. The lowest BCUT2D eigenvalue weighted by Crippen LogP contribution is -2.02. The maximum atomic E-state index is 9.74. The Labute approximate surface area is 118 Å². The molecule has 1 aromatic carbocycles. The molecular formula is C15H20N2O3. The second-order valence-corrected chi connectivity index (χ2v) is 4.86. The average molecular weight is 276 g/mol. The highest BCUT2D eigenvalue weighted by Crippen LogP contribution is 2.26. The number of aliphatic hydroxyl groups excluding tert-OH is 1. The molecule has 108 valence electrons. The molecule has 0 radical (unpaired) electrons. The lowest BCUT2D eigenvalue weighted by Gasteiger charge is -2.13. The summed E-state index contributed by atoms with van der Waals surface area (Å²) in [5.74, 6) is 1.81. The molecule has 1 N–H and O–H groups in total. The van der Waals surface area contributed by atoms with E-state index < -0.39 is 6.10 Å². The van der Waals surface area contributed by atoms with Crippen molar-refractivity contribution in [2.75, 3.05) is 0 Å². The minimum atomic E-state index is -0.577. The first-order valence-corrected chi connectivity index (χ1v) is 6.83. The van der Waals surface area contributed by atoms with Crippen LogP contribution in [0.1, 0.15) is 49.2 Å². The van der Waals surface area contributed by atoms with Crippen LogP contribution in [0.2, 0.25) is 0 Å². The minimum Gasteiger partial charge on any atom is -0.485 e. The van der Waals surface area contributed by atoms with E-state index in [4.69, 9.17) is 9.26 Å². The van der Waals surface area contributed by atoms with Crippen LogP contribution in [0, 0.1) is 6.92 Å². The summed E-state index contributed by atoms with van der Waals surface area (Å²) >= 11 is 0. The predicted molar refractivity (Wildman–Crippen MR) is 74.4 cm³/mol. The van der Waals surface area contributed by atoms with E-state index in [-0.39, 0.29) is 6.61 Å². The van der Waals surface area contributed by atoms with Crippen LogP contribution in [-0.4, -0.2) is 15.2 Å². The number of rotatable bonds is 6. The summed E-state index contributed by atoms with van der Waals surface area (Å²) in [7, 11) is 0. The van der Waals surface area contributed by atoms with Gasteiger partial charge in [0.25, 0.3) is 0 Å². The topological polar surface area (TPSA) is 68.4 Å². The molecule has 2 aromatic rings. The van der Waals surface area contributed by atoms with Crippen LogP contribution in [-0.2, 0) is 13.0 Å². The molecule has 0 amide bonds. The fraction of sp³-hybridized carbons (Fsp3) is 0.467. The molecule has 0 fully saturated rings. The molecule has 1 atom stereocenters. The quantitative estimate of drug-likeness (QED) is 0.878. The molecule has 1 heterocycles. The molecule has 0 saturated carbocycles. The minimum absolute atomic E-state index is 0.233. The van der Waals surface area contributed by atoms with Gasteiger partial charge in [-0.15, -0.1) is 0 Å². The standard InChI is InChI=1S/C15H20N2O3/c1-4-5-15-16-14(17-20-15)9-19-13-8-10(2)6-7-12(13)11(3)18/h6-8,11,18H,4-5,9H2,1-3H3/t11-/m0/s1. The number of ether oxygens (including phenoxy) is 1. The number of hydrogen-bond acceptors (Lipinski definition) is 5. The van der Waals surface area contributed by atoms with Crippen LogP contribution < -0.4 is 4.74 Å². The molecule has 0 aliphatic heterocycles. The first-order valence-electron chi connectivity index (χ1n) is 6.83. The molecule has 20 heavy (non-hydrogen) atoms. The summed E-state index contributed by atoms with van der Waals surface area (Å²) in [4.78, 5) is 4.25. The van der Waals surface area contributed by atoms with Crippen LogP contribution in [0.5, 0.6) is 5.75 Å². The number of nitrogens with zero attached hydrogens (tertiary/aromatic N) is 2. The number of benzene rings is 1. The highest BCUT2D eigenvalue weighted by Gasteiger charge is 2.11. The van der Waals surface area contributed by atoms with Crippen molar-refractivity contribution in [3.8, 4) is 5.75 Å². The van der Waals surface area contributed by atoms with Crippen LogP contribution in [0.25, 0.3) is 0 Å². The van der Waals surface area contributed by atoms with E-state index in [1.165, 1.54) is 0 Å². The van der Waals surface area contributed by atoms with E-state index in [0.717, 1.165) is 24.0 Å². The van der Waals surface area contributed by atoms with Gasteiger partial charge in [-0.05, 0) is 31.9 Å². The van der Waals surface area contributed by atoms with Crippen molar-refractivity contribution < 1.29 is 14.4 Å². The Hall–Kier alpha value is -1.88. The van der Waals surface area contributed by atoms with E-state index in [9.17, 15) is 5.11 Å². The molecule has 0 unspecified atom stereocenters. The zero-order chi connectivity index (χ0) is 14.5. The second-order valence-electron chi connectivity index (χ2n) is 4.86. The van der Waals surface area contributed by atoms with Crippen molar-refractivity contribution in [1.29, 1.82) is 0 Å². The fourth-order valence-corrected chi connectivity index (χ4v) is 1.92. The normalized spacial score (nSPS) is 12.4. The summed E-state index contributed by atoms with van der Waals surface area (Å²) in [6.45, 7) is 5.98. The van der Waals surface area contributed by atoms with E-state index in [1.807, 2.05) is 25.1 Å². The molecule has 5 nitrogen and oxygen atoms in total. The van der Waals surface area contributed by atoms with E-state index >= 15 is 0 Å². The average Bonchev–Trinajstić information content (AvgIpc) is 2.84. The molecule has 0 aliphatic carbocycles. The number of aromatic nitrogens is 2. The van der Waals surface area contributed by atoms with Gasteiger partial charge in [0, 0.05) is 12.0 Å². The summed E-state index contributed by atoms with van der Waals surface area (Å²) in [6, 6.07) is 5.71. The number of hydrogen-bond donors (Lipinski definition) is 1. The summed E-state index contributed by atoms with van der Waals surface area (Å²) in [6.07, 6.45) is 1.16. The highest BCUT2D eigenvalue weighted by molar-refractivity contribution is 5.38. The summed E-state index contributed by atoms with van der Waals surface area (Å²) in [5, 5.41) is 13.6. The van der Waals surface area contributed by atoms with Gasteiger partial charge in [0.1, 0.15) is 5.75 Å². The first-order chi connectivity index (χ1) is 9.60. The first kappa shape index (κ1) is 14.5. The van der Waals surface area contributed by atoms with Gasteiger partial charge >= 0.3 is 0 Å². The van der Waals surface area contributed by atoms with Gasteiger partial charge in [-0.3, -0.25) is 0 Å². The maximum absolute atomic E-state index is 9.74. The number of aryl methyl sites for hydroxylation is 2. The van der Waals surface area contributed by atoms with Gasteiger partial charge < -0.3 is 14.4 Å². The summed E-state index contributed by atoms with van der Waals surface area (Å²) in [5.41, 5.74) is 1.83. The van der Waals surface area contributed by atoms with Gasteiger partial charge in [-0.2, -0.15) is 4.98 Å². The van der Waals surface area contributed by atoms with Gasteiger partial charge in [-0.1, -0.05) is 24.2 Å². The Morgan fingerprint density at radius 3 is 2.90 bits per heavy atom. The molecule has 0 spiro atoms. The van der Waals surface area contributed by atoms with Gasteiger partial charge in [0.15, 0.2) is 6.61 Å². The Morgan fingerprint density at radius 1 is 1.40 bits per heavy atom. The molecule has 0 bridgehead atoms. The van der Waals surface area contributed by atoms with Crippen LogP contribution in [0.4, 0.5) is 0 Å². The SMILES string of the molecule is CCCc1nc(COc2cc(C)ccc2[C@H](C)O)no1. The Bertz CT molecular complexity index is 564. The van der Waals surface area contributed by atoms with Gasteiger partial charge in [0.05, 0.1) is 6.10 Å². The third-order valence-electron chi connectivity index (χ3n) is 2.95. The molecule has 0 aliphatic rings.